The van der Waals surface area contributed by atoms with Gasteiger partial charge in [-0.1, -0.05) is 33.2 Å². The predicted molar refractivity (Wildman–Crippen MR) is 73.8 cm³/mol. The average molecular weight is 324 g/mol. The molecule has 2 rings (SSSR count). The minimum Gasteiger partial charge on any atom is -0.468 e. The zero-order chi connectivity index (χ0) is 13.8. The van der Waals surface area contributed by atoms with E-state index in [9.17, 15) is 4.79 Å². The molecule has 1 unspecified atom stereocenters. The third kappa shape index (κ3) is 3.44. The van der Waals surface area contributed by atoms with Crippen molar-refractivity contribution in [3.8, 4) is 0 Å². The number of methoxy groups -OCH3 is 1. The molecular weight excluding hydrogens is 310 g/mol. The fourth-order valence-electron chi connectivity index (χ4n) is 1.85. The lowest BCUT2D eigenvalue weighted by Gasteiger charge is -2.11. The van der Waals surface area contributed by atoms with E-state index < -0.39 is 5.92 Å². The van der Waals surface area contributed by atoms with Crippen molar-refractivity contribution >= 4 is 21.9 Å². The standard InChI is InChI=1S/C14H14BrNO3/c1-9-7-13(19-16-9)12(14(17)18-2)8-10-3-5-11(15)6-4-10/h3-7,12H,8H2,1-2H3. The highest BCUT2D eigenvalue weighted by atomic mass is 79.9. The van der Waals surface area contributed by atoms with Gasteiger partial charge in [0.25, 0.3) is 0 Å². The minimum atomic E-state index is -0.465. The number of rotatable bonds is 4. The molecule has 0 amide bonds. The largest absolute Gasteiger partial charge is 0.468 e. The molecule has 0 saturated carbocycles. The molecule has 0 aliphatic heterocycles. The van der Waals surface area contributed by atoms with Crippen molar-refractivity contribution in [2.24, 2.45) is 0 Å². The normalized spacial score (nSPS) is 12.2. The first kappa shape index (κ1) is 13.8. The molecule has 2 aromatic rings. The number of aryl methyl sites for hydroxylation is 1. The third-order valence-electron chi connectivity index (χ3n) is 2.83. The van der Waals surface area contributed by atoms with Gasteiger partial charge in [0.1, 0.15) is 5.92 Å². The van der Waals surface area contributed by atoms with Gasteiger partial charge < -0.3 is 9.26 Å². The van der Waals surface area contributed by atoms with E-state index in [1.807, 2.05) is 31.2 Å². The molecule has 0 aliphatic rings. The van der Waals surface area contributed by atoms with Crippen molar-refractivity contribution in [2.45, 2.75) is 19.3 Å². The fraction of sp³-hybridized carbons (Fsp3) is 0.286. The maximum absolute atomic E-state index is 11.9. The Kier molecular flexibility index (Phi) is 4.37. The summed E-state index contributed by atoms with van der Waals surface area (Å²) in [7, 11) is 1.38. The number of carbonyl (C=O) groups excluding carboxylic acids is 1. The van der Waals surface area contributed by atoms with Crippen molar-refractivity contribution in [1.82, 2.24) is 5.16 Å². The Labute approximate surface area is 119 Å². The molecule has 1 aromatic heterocycles. The number of halogens is 1. The lowest BCUT2D eigenvalue weighted by Crippen LogP contribution is -2.16. The number of hydrogen-bond donors (Lipinski definition) is 0. The molecule has 100 valence electrons. The van der Waals surface area contributed by atoms with Crippen molar-refractivity contribution < 1.29 is 14.1 Å². The highest BCUT2D eigenvalue weighted by molar-refractivity contribution is 9.10. The molecule has 1 atom stereocenters. The van der Waals surface area contributed by atoms with E-state index in [2.05, 4.69) is 21.1 Å². The van der Waals surface area contributed by atoms with E-state index in [-0.39, 0.29) is 5.97 Å². The summed E-state index contributed by atoms with van der Waals surface area (Å²) in [5.41, 5.74) is 1.78. The van der Waals surface area contributed by atoms with Crippen LogP contribution >= 0.6 is 15.9 Å². The van der Waals surface area contributed by atoms with Crippen LogP contribution < -0.4 is 0 Å². The molecule has 1 heterocycles. The van der Waals surface area contributed by atoms with Gasteiger partial charge in [-0.2, -0.15) is 0 Å². The zero-order valence-electron chi connectivity index (χ0n) is 10.7. The summed E-state index contributed by atoms with van der Waals surface area (Å²) in [4.78, 5) is 11.9. The van der Waals surface area contributed by atoms with Crippen molar-refractivity contribution in [3.05, 3.63) is 51.8 Å². The Morgan fingerprint density at radius 3 is 2.63 bits per heavy atom. The smallest absolute Gasteiger partial charge is 0.316 e. The Morgan fingerprint density at radius 2 is 2.11 bits per heavy atom. The lowest BCUT2D eigenvalue weighted by atomic mass is 9.97. The number of ether oxygens (including phenoxy) is 1. The lowest BCUT2D eigenvalue weighted by molar-refractivity contribution is -0.142. The first-order chi connectivity index (χ1) is 9.10. The molecule has 0 bridgehead atoms. The minimum absolute atomic E-state index is 0.320. The van der Waals surface area contributed by atoms with E-state index in [0.29, 0.717) is 12.2 Å². The van der Waals surface area contributed by atoms with Crippen molar-refractivity contribution in [1.29, 1.82) is 0 Å². The second-order valence-electron chi connectivity index (χ2n) is 4.28. The highest BCUT2D eigenvalue weighted by Crippen LogP contribution is 2.24. The van der Waals surface area contributed by atoms with Gasteiger partial charge in [0.2, 0.25) is 0 Å². The monoisotopic (exact) mass is 323 g/mol. The second kappa shape index (κ2) is 6.02. The average Bonchev–Trinajstić information content (AvgIpc) is 2.83. The molecule has 0 aliphatic carbocycles. The summed E-state index contributed by atoms with van der Waals surface area (Å²) >= 11 is 3.38. The fourth-order valence-corrected chi connectivity index (χ4v) is 2.11. The summed E-state index contributed by atoms with van der Waals surface area (Å²) < 4.78 is 11.0. The molecule has 0 fully saturated rings. The molecule has 19 heavy (non-hydrogen) atoms. The van der Waals surface area contributed by atoms with Gasteiger partial charge in [-0.05, 0) is 31.0 Å². The van der Waals surface area contributed by atoms with Crippen molar-refractivity contribution in [2.75, 3.05) is 7.11 Å². The molecule has 0 N–H and O–H groups in total. The van der Waals surface area contributed by atoms with Gasteiger partial charge >= 0.3 is 5.97 Å². The van der Waals surface area contributed by atoms with Crippen LogP contribution in [0.4, 0.5) is 0 Å². The van der Waals surface area contributed by atoms with Crippen LogP contribution in [0.3, 0.4) is 0 Å². The van der Waals surface area contributed by atoms with Crippen LogP contribution in [-0.2, 0) is 16.0 Å². The summed E-state index contributed by atoms with van der Waals surface area (Å²) in [6, 6.07) is 9.57. The maximum atomic E-state index is 11.9. The Bertz CT molecular complexity index is 562. The van der Waals surface area contributed by atoms with E-state index >= 15 is 0 Å². The van der Waals surface area contributed by atoms with E-state index in [0.717, 1.165) is 15.7 Å². The van der Waals surface area contributed by atoms with Crippen molar-refractivity contribution in [3.63, 3.8) is 0 Å². The summed E-state index contributed by atoms with van der Waals surface area (Å²) in [6.45, 7) is 1.82. The molecule has 0 spiro atoms. The molecule has 0 radical (unpaired) electrons. The summed E-state index contributed by atoms with van der Waals surface area (Å²) in [6.07, 6.45) is 0.522. The second-order valence-corrected chi connectivity index (χ2v) is 5.19. The Morgan fingerprint density at radius 1 is 1.42 bits per heavy atom. The SMILES string of the molecule is COC(=O)C(Cc1ccc(Br)cc1)c1cc(C)no1. The van der Waals surface area contributed by atoms with E-state index in [1.165, 1.54) is 7.11 Å². The predicted octanol–water partition coefficient (Wildman–Crippen LogP) is 3.24. The van der Waals surface area contributed by atoms with E-state index in [4.69, 9.17) is 9.26 Å². The van der Waals surface area contributed by atoms with Crippen LogP contribution in [0.1, 0.15) is 22.9 Å². The van der Waals surface area contributed by atoms with Crippen LogP contribution in [0.2, 0.25) is 0 Å². The number of benzene rings is 1. The number of hydrogen-bond acceptors (Lipinski definition) is 4. The summed E-state index contributed by atoms with van der Waals surface area (Å²) in [5.74, 6) is -0.251. The zero-order valence-corrected chi connectivity index (χ0v) is 12.3. The molecule has 4 nitrogen and oxygen atoms in total. The van der Waals surface area contributed by atoms with Gasteiger partial charge in [0, 0.05) is 10.5 Å². The maximum Gasteiger partial charge on any atom is 0.316 e. The van der Waals surface area contributed by atoms with Crippen LogP contribution in [0, 0.1) is 6.92 Å². The topological polar surface area (TPSA) is 52.3 Å². The van der Waals surface area contributed by atoms with E-state index in [1.54, 1.807) is 6.07 Å². The van der Waals surface area contributed by atoms with Gasteiger partial charge in [0.05, 0.1) is 12.8 Å². The first-order valence-electron chi connectivity index (χ1n) is 5.85. The Balaban J connectivity index is 2.23. The summed E-state index contributed by atoms with van der Waals surface area (Å²) in [5, 5.41) is 3.82. The quantitative estimate of drug-likeness (QED) is 0.810. The number of aromatic nitrogens is 1. The van der Waals surface area contributed by atoms with Crippen LogP contribution in [-0.4, -0.2) is 18.2 Å². The molecular formula is C14H14BrNO3. The number of nitrogens with zero attached hydrogens (tertiary/aromatic N) is 1. The molecule has 5 heteroatoms. The molecule has 0 saturated heterocycles. The van der Waals surface area contributed by atoms with Crippen LogP contribution in [0.15, 0.2) is 39.3 Å². The van der Waals surface area contributed by atoms with Crippen LogP contribution in [0.5, 0.6) is 0 Å². The van der Waals surface area contributed by atoms with Gasteiger partial charge in [-0.3, -0.25) is 4.79 Å². The number of carbonyl (C=O) groups is 1. The van der Waals surface area contributed by atoms with Gasteiger partial charge in [-0.15, -0.1) is 0 Å². The molecule has 1 aromatic carbocycles. The van der Waals surface area contributed by atoms with Gasteiger partial charge in [0.15, 0.2) is 5.76 Å². The van der Waals surface area contributed by atoms with Crippen LogP contribution in [0.25, 0.3) is 0 Å². The van der Waals surface area contributed by atoms with Gasteiger partial charge in [-0.25, -0.2) is 0 Å². The number of esters is 1. The first-order valence-corrected chi connectivity index (χ1v) is 6.65. The Hall–Kier alpha value is -1.62. The third-order valence-corrected chi connectivity index (χ3v) is 3.36. The highest BCUT2D eigenvalue weighted by Gasteiger charge is 2.25.